The highest BCUT2D eigenvalue weighted by atomic mass is 16.5. The largest absolute Gasteiger partial charge is 0.494 e. The summed E-state index contributed by atoms with van der Waals surface area (Å²) in [7, 11) is 0. The van der Waals surface area contributed by atoms with Gasteiger partial charge in [-0.2, -0.15) is 0 Å². The number of carbonyl (C=O) groups is 1. The Morgan fingerprint density at radius 3 is 2.55 bits per heavy atom. The van der Waals surface area contributed by atoms with E-state index in [0.29, 0.717) is 11.5 Å². The van der Waals surface area contributed by atoms with Crippen LogP contribution in [0.15, 0.2) is 34.7 Å². The quantitative estimate of drug-likeness (QED) is 0.621. The Bertz CT molecular complexity index is 774. The maximum Gasteiger partial charge on any atom is 0.251 e. The van der Waals surface area contributed by atoms with E-state index >= 15 is 0 Å². The van der Waals surface area contributed by atoms with E-state index in [1.54, 1.807) is 0 Å². The molecule has 3 rings (SSSR count). The van der Waals surface area contributed by atoms with Crippen molar-refractivity contribution in [2.45, 2.75) is 53.0 Å². The average molecular weight is 399 g/mol. The minimum absolute atomic E-state index is 0.00275. The van der Waals surface area contributed by atoms with Crippen LogP contribution in [0, 0.1) is 19.8 Å². The Kier molecular flexibility index (Phi) is 7.76. The molecule has 29 heavy (non-hydrogen) atoms. The van der Waals surface area contributed by atoms with Crippen LogP contribution in [0.25, 0.3) is 0 Å². The van der Waals surface area contributed by atoms with Gasteiger partial charge in [0.05, 0.1) is 6.61 Å². The van der Waals surface area contributed by atoms with Gasteiger partial charge in [-0.05, 0) is 82.4 Å². The summed E-state index contributed by atoms with van der Waals surface area (Å²) in [5.74, 6) is 3.37. The molecule has 0 spiro atoms. The molecule has 158 valence electrons. The van der Waals surface area contributed by atoms with Gasteiger partial charge in [-0.3, -0.25) is 9.69 Å². The molecule has 0 radical (unpaired) electrons. The number of hydrogen-bond donors (Lipinski definition) is 1. The maximum absolute atomic E-state index is 12.4. The van der Waals surface area contributed by atoms with Gasteiger partial charge in [0.25, 0.3) is 5.91 Å². The van der Waals surface area contributed by atoms with Gasteiger partial charge in [-0.25, -0.2) is 0 Å². The van der Waals surface area contributed by atoms with Gasteiger partial charge in [0.15, 0.2) is 0 Å². The van der Waals surface area contributed by atoms with Crippen LogP contribution < -0.4 is 10.1 Å². The fraction of sp³-hybridized carbons (Fsp3) is 0.542. The molecule has 1 aromatic carbocycles. The third-order valence-electron chi connectivity index (χ3n) is 5.68. The van der Waals surface area contributed by atoms with Crippen molar-refractivity contribution in [3.8, 4) is 5.75 Å². The second-order valence-corrected chi connectivity index (χ2v) is 8.09. The van der Waals surface area contributed by atoms with Crippen LogP contribution in [-0.4, -0.2) is 37.0 Å². The number of ether oxygens (including phenoxy) is 1. The molecule has 1 aliphatic heterocycles. The van der Waals surface area contributed by atoms with Gasteiger partial charge < -0.3 is 14.5 Å². The molecule has 1 saturated heterocycles. The highest BCUT2D eigenvalue weighted by molar-refractivity contribution is 5.94. The predicted molar refractivity (Wildman–Crippen MR) is 115 cm³/mol. The number of amides is 1. The molecule has 0 bridgehead atoms. The van der Waals surface area contributed by atoms with Crippen molar-refractivity contribution in [2.24, 2.45) is 5.92 Å². The Hall–Kier alpha value is -2.27. The Balaban J connectivity index is 1.38. The molecule has 1 fully saturated rings. The van der Waals surface area contributed by atoms with Crippen molar-refractivity contribution < 1.29 is 13.9 Å². The van der Waals surface area contributed by atoms with Gasteiger partial charge in [-0.15, -0.1) is 0 Å². The average Bonchev–Trinajstić information content (AvgIpc) is 3.04. The van der Waals surface area contributed by atoms with Gasteiger partial charge in [0, 0.05) is 24.2 Å². The summed E-state index contributed by atoms with van der Waals surface area (Å²) >= 11 is 0. The molecule has 5 heteroatoms. The SMILES string of the molecule is CCCCOc1ccc(C(=O)NCC2CCN(Cc3cc(C)oc3C)CC2)cc1. The number of rotatable bonds is 9. The molecular weight excluding hydrogens is 364 g/mol. The summed E-state index contributed by atoms with van der Waals surface area (Å²) in [5.41, 5.74) is 1.98. The number of nitrogens with one attached hydrogen (secondary N) is 1. The minimum atomic E-state index is -0.00275. The van der Waals surface area contributed by atoms with Crippen LogP contribution in [0.3, 0.4) is 0 Å². The van der Waals surface area contributed by atoms with Crippen molar-refractivity contribution in [2.75, 3.05) is 26.2 Å². The number of aryl methyl sites for hydroxylation is 2. The first kappa shape index (κ1) is 21.4. The Morgan fingerprint density at radius 1 is 1.21 bits per heavy atom. The summed E-state index contributed by atoms with van der Waals surface area (Å²) in [6, 6.07) is 9.58. The highest BCUT2D eigenvalue weighted by Crippen LogP contribution is 2.21. The van der Waals surface area contributed by atoms with Crippen molar-refractivity contribution in [3.63, 3.8) is 0 Å². The first-order valence-corrected chi connectivity index (χ1v) is 10.8. The smallest absolute Gasteiger partial charge is 0.251 e. The summed E-state index contributed by atoms with van der Waals surface area (Å²) < 4.78 is 11.3. The first-order chi connectivity index (χ1) is 14.0. The molecule has 0 atom stereocenters. The van der Waals surface area contributed by atoms with E-state index in [4.69, 9.17) is 9.15 Å². The van der Waals surface area contributed by atoms with E-state index in [1.807, 2.05) is 38.1 Å². The molecule has 0 aliphatic carbocycles. The highest BCUT2D eigenvalue weighted by Gasteiger charge is 2.21. The number of benzene rings is 1. The van der Waals surface area contributed by atoms with E-state index < -0.39 is 0 Å². The number of piperidine rings is 1. The van der Waals surface area contributed by atoms with Crippen LogP contribution in [0.1, 0.15) is 60.0 Å². The third kappa shape index (κ3) is 6.36. The Morgan fingerprint density at radius 2 is 1.93 bits per heavy atom. The molecule has 2 aromatic rings. The predicted octanol–water partition coefficient (Wildman–Crippen LogP) is 4.72. The molecule has 0 saturated carbocycles. The molecule has 1 aromatic heterocycles. The number of likely N-dealkylation sites (tertiary alicyclic amines) is 1. The van der Waals surface area contributed by atoms with Crippen molar-refractivity contribution in [3.05, 3.63) is 53.0 Å². The Labute approximate surface area is 174 Å². The van der Waals surface area contributed by atoms with Gasteiger partial charge in [0.2, 0.25) is 0 Å². The van der Waals surface area contributed by atoms with Crippen LogP contribution in [0.2, 0.25) is 0 Å². The fourth-order valence-corrected chi connectivity index (χ4v) is 3.81. The van der Waals surface area contributed by atoms with E-state index in [-0.39, 0.29) is 5.91 Å². The molecule has 1 amide bonds. The number of furan rings is 1. The lowest BCUT2D eigenvalue weighted by Gasteiger charge is -2.31. The second kappa shape index (κ2) is 10.5. The minimum Gasteiger partial charge on any atom is -0.494 e. The normalized spacial score (nSPS) is 15.4. The van der Waals surface area contributed by atoms with Crippen LogP contribution in [0.4, 0.5) is 0 Å². The van der Waals surface area contributed by atoms with E-state index in [1.165, 1.54) is 5.56 Å². The zero-order valence-corrected chi connectivity index (χ0v) is 18.0. The first-order valence-electron chi connectivity index (χ1n) is 10.8. The molecule has 1 aliphatic rings. The van der Waals surface area contributed by atoms with Gasteiger partial charge in [-0.1, -0.05) is 13.3 Å². The molecule has 5 nitrogen and oxygen atoms in total. The van der Waals surface area contributed by atoms with Crippen LogP contribution >= 0.6 is 0 Å². The molecule has 0 unspecified atom stereocenters. The summed E-state index contributed by atoms with van der Waals surface area (Å²) in [6.07, 6.45) is 4.38. The molecule has 2 heterocycles. The summed E-state index contributed by atoms with van der Waals surface area (Å²) in [6.45, 7) is 10.7. The number of unbranched alkanes of at least 4 members (excludes halogenated alkanes) is 1. The lowest BCUT2D eigenvalue weighted by atomic mass is 9.96. The number of nitrogens with zero attached hydrogens (tertiary/aromatic N) is 1. The molecule has 1 N–H and O–H groups in total. The number of carbonyl (C=O) groups excluding carboxylic acids is 1. The van der Waals surface area contributed by atoms with Crippen molar-refractivity contribution >= 4 is 5.91 Å². The van der Waals surface area contributed by atoms with E-state index in [9.17, 15) is 4.79 Å². The van der Waals surface area contributed by atoms with Gasteiger partial charge >= 0.3 is 0 Å². The zero-order valence-electron chi connectivity index (χ0n) is 18.0. The lowest BCUT2D eigenvalue weighted by Crippen LogP contribution is -2.38. The standard InChI is InChI=1S/C24H34N2O3/c1-4-5-14-28-23-8-6-21(7-9-23)24(27)25-16-20-10-12-26(13-11-20)17-22-15-18(2)29-19(22)3/h6-9,15,20H,4-5,10-14,16-17H2,1-3H3,(H,25,27). The lowest BCUT2D eigenvalue weighted by molar-refractivity contribution is 0.0935. The molecular formula is C24H34N2O3. The van der Waals surface area contributed by atoms with E-state index in [0.717, 1.165) is 75.7 Å². The van der Waals surface area contributed by atoms with Crippen molar-refractivity contribution in [1.82, 2.24) is 10.2 Å². The summed E-state index contributed by atoms with van der Waals surface area (Å²) in [4.78, 5) is 14.9. The van der Waals surface area contributed by atoms with Crippen LogP contribution in [-0.2, 0) is 6.54 Å². The monoisotopic (exact) mass is 398 g/mol. The fourth-order valence-electron chi connectivity index (χ4n) is 3.81. The topological polar surface area (TPSA) is 54.7 Å². The van der Waals surface area contributed by atoms with E-state index in [2.05, 4.69) is 23.2 Å². The number of hydrogen-bond acceptors (Lipinski definition) is 4. The van der Waals surface area contributed by atoms with Crippen LogP contribution in [0.5, 0.6) is 5.75 Å². The zero-order chi connectivity index (χ0) is 20.6. The maximum atomic E-state index is 12.4. The second-order valence-electron chi connectivity index (χ2n) is 8.09. The third-order valence-corrected chi connectivity index (χ3v) is 5.68. The van der Waals surface area contributed by atoms with Crippen molar-refractivity contribution in [1.29, 1.82) is 0 Å². The summed E-state index contributed by atoms with van der Waals surface area (Å²) in [5, 5.41) is 3.10. The van der Waals surface area contributed by atoms with Gasteiger partial charge in [0.1, 0.15) is 17.3 Å².